The van der Waals surface area contributed by atoms with Crippen molar-refractivity contribution in [3.63, 3.8) is 0 Å². The number of aliphatic hydroxyl groups excluding tert-OH is 1. The van der Waals surface area contributed by atoms with Crippen molar-refractivity contribution in [3.05, 3.63) is 17.8 Å². The number of aliphatic hydroxyl groups is 1. The Morgan fingerprint density at radius 3 is 2.80 bits per heavy atom. The number of rotatable bonds is 5. The van der Waals surface area contributed by atoms with Gasteiger partial charge in [0.25, 0.3) is 0 Å². The van der Waals surface area contributed by atoms with E-state index in [1.54, 1.807) is 0 Å². The van der Waals surface area contributed by atoms with Gasteiger partial charge in [-0.1, -0.05) is 13.8 Å². The lowest BCUT2D eigenvalue weighted by Crippen LogP contribution is -2.19. The molecule has 0 saturated heterocycles. The number of aryl methyl sites for hydroxylation is 1. The van der Waals surface area contributed by atoms with Crippen molar-refractivity contribution in [3.8, 4) is 0 Å². The number of anilines is 2. The summed E-state index contributed by atoms with van der Waals surface area (Å²) in [4.78, 5) is 4.35. The summed E-state index contributed by atoms with van der Waals surface area (Å²) in [7, 11) is 0. The average molecular weight is 209 g/mol. The second kappa shape index (κ2) is 5.56. The van der Waals surface area contributed by atoms with Crippen LogP contribution in [0, 0.1) is 0 Å². The monoisotopic (exact) mass is 209 g/mol. The molecule has 15 heavy (non-hydrogen) atoms. The molecule has 4 heteroatoms. The van der Waals surface area contributed by atoms with Crippen LogP contribution in [-0.4, -0.2) is 22.7 Å². The van der Waals surface area contributed by atoms with Crippen LogP contribution in [0.15, 0.2) is 12.1 Å². The van der Waals surface area contributed by atoms with Crippen LogP contribution in [0.5, 0.6) is 0 Å². The van der Waals surface area contributed by atoms with E-state index in [9.17, 15) is 5.11 Å². The normalized spacial score (nSPS) is 12.5. The van der Waals surface area contributed by atoms with Crippen molar-refractivity contribution < 1.29 is 5.11 Å². The molecular formula is C11H19N3O. The number of pyridine rings is 1. The molecule has 0 aliphatic heterocycles. The summed E-state index contributed by atoms with van der Waals surface area (Å²) in [6.07, 6.45) is 1.25. The lowest BCUT2D eigenvalue weighted by molar-refractivity contribution is 0.183. The minimum atomic E-state index is -0.350. The van der Waals surface area contributed by atoms with Crippen LogP contribution in [0.2, 0.25) is 0 Å². The Kier molecular flexibility index (Phi) is 4.37. The smallest absolute Gasteiger partial charge is 0.149 e. The number of aromatic nitrogens is 1. The second-order valence-corrected chi connectivity index (χ2v) is 3.54. The van der Waals surface area contributed by atoms with E-state index < -0.39 is 0 Å². The zero-order valence-electron chi connectivity index (χ0n) is 9.33. The first-order valence-electron chi connectivity index (χ1n) is 5.34. The quantitative estimate of drug-likeness (QED) is 0.685. The standard InChI is InChI=1S/C11H19N3O/c1-3-8-5-6-10(12)11(14-8)13-7-9(15)4-2/h5-6,9,15H,3-4,7,12H2,1-2H3,(H,13,14). The summed E-state index contributed by atoms with van der Waals surface area (Å²) in [6, 6.07) is 3.75. The van der Waals surface area contributed by atoms with Gasteiger partial charge in [0.15, 0.2) is 0 Å². The minimum absolute atomic E-state index is 0.350. The fourth-order valence-electron chi connectivity index (χ4n) is 1.21. The predicted molar refractivity (Wildman–Crippen MR) is 62.8 cm³/mol. The number of nitrogens with zero attached hydrogens (tertiary/aromatic N) is 1. The van der Waals surface area contributed by atoms with E-state index in [0.717, 1.165) is 18.5 Å². The van der Waals surface area contributed by atoms with E-state index in [1.165, 1.54) is 0 Å². The molecule has 4 nitrogen and oxygen atoms in total. The van der Waals surface area contributed by atoms with E-state index >= 15 is 0 Å². The third-order valence-corrected chi connectivity index (χ3v) is 2.32. The van der Waals surface area contributed by atoms with Crippen molar-refractivity contribution in [2.75, 3.05) is 17.6 Å². The van der Waals surface area contributed by atoms with Gasteiger partial charge in [-0.2, -0.15) is 0 Å². The second-order valence-electron chi connectivity index (χ2n) is 3.54. The molecule has 0 aliphatic carbocycles. The summed E-state index contributed by atoms with van der Waals surface area (Å²) < 4.78 is 0. The zero-order valence-corrected chi connectivity index (χ0v) is 9.33. The van der Waals surface area contributed by atoms with Crippen LogP contribution >= 0.6 is 0 Å². The highest BCUT2D eigenvalue weighted by Gasteiger charge is 2.04. The molecule has 1 aromatic rings. The maximum atomic E-state index is 9.41. The van der Waals surface area contributed by atoms with E-state index in [0.29, 0.717) is 18.1 Å². The number of nitrogen functional groups attached to an aromatic ring is 1. The molecule has 1 heterocycles. The van der Waals surface area contributed by atoms with Gasteiger partial charge in [-0.15, -0.1) is 0 Å². The van der Waals surface area contributed by atoms with Gasteiger partial charge in [-0.05, 0) is 25.0 Å². The SMILES string of the molecule is CCc1ccc(N)c(NCC(O)CC)n1. The molecule has 0 radical (unpaired) electrons. The van der Waals surface area contributed by atoms with Crippen LogP contribution < -0.4 is 11.1 Å². The maximum absolute atomic E-state index is 9.41. The summed E-state index contributed by atoms with van der Waals surface area (Å²) >= 11 is 0. The molecule has 0 saturated carbocycles. The molecular weight excluding hydrogens is 190 g/mol. The van der Waals surface area contributed by atoms with Gasteiger partial charge in [0.1, 0.15) is 5.82 Å². The fourth-order valence-corrected chi connectivity index (χ4v) is 1.21. The highest BCUT2D eigenvalue weighted by molar-refractivity contribution is 5.61. The van der Waals surface area contributed by atoms with E-state index in [2.05, 4.69) is 10.3 Å². The van der Waals surface area contributed by atoms with Gasteiger partial charge >= 0.3 is 0 Å². The minimum Gasteiger partial charge on any atom is -0.396 e. The summed E-state index contributed by atoms with van der Waals surface area (Å²) in [5.41, 5.74) is 7.38. The zero-order chi connectivity index (χ0) is 11.3. The highest BCUT2D eigenvalue weighted by Crippen LogP contribution is 2.15. The van der Waals surface area contributed by atoms with E-state index in [-0.39, 0.29) is 6.10 Å². The molecule has 0 aromatic carbocycles. The van der Waals surface area contributed by atoms with Crippen molar-refractivity contribution in [2.24, 2.45) is 0 Å². The maximum Gasteiger partial charge on any atom is 0.149 e. The molecule has 4 N–H and O–H groups in total. The molecule has 0 amide bonds. The third-order valence-electron chi connectivity index (χ3n) is 2.32. The number of nitrogens with one attached hydrogen (secondary N) is 1. The average Bonchev–Trinajstić information content (AvgIpc) is 2.27. The number of nitrogens with two attached hydrogens (primary N) is 1. The number of hydrogen-bond acceptors (Lipinski definition) is 4. The van der Waals surface area contributed by atoms with Crippen molar-refractivity contribution >= 4 is 11.5 Å². The number of hydrogen-bond donors (Lipinski definition) is 3. The summed E-state index contributed by atoms with van der Waals surface area (Å²) in [5.74, 6) is 0.668. The lowest BCUT2D eigenvalue weighted by Gasteiger charge is -2.12. The fraction of sp³-hybridized carbons (Fsp3) is 0.545. The third kappa shape index (κ3) is 3.40. The first kappa shape index (κ1) is 11.8. The Bertz CT molecular complexity index is 315. The van der Waals surface area contributed by atoms with Crippen LogP contribution in [-0.2, 0) is 6.42 Å². The highest BCUT2D eigenvalue weighted by atomic mass is 16.3. The molecule has 0 bridgehead atoms. The Balaban J connectivity index is 2.66. The lowest BCUT2D eigenvalue weighted by atomic mass is 10.2. The van der Waals surface area contributed by atoms with Gasteiger partial charge in [0.2, 0.25) is 0 Å². The van der Waals surface area contributed by atoms with E-state index in [4.69, 9.17) is 5.73 Å². The molecule has 0 spiro atoms. The molecule has 1 rings (SSSR count). The Hall–Kier alpha value is -1.29. The topological polar surface area (TPSA) is 71.2 Å². The molecule has 84 valence electrons. The Labute approximate surface area is 90.5 Å². The van der Waals surface area contributed by atoms with Crippen molar-refractivity contribution in [1.82, 2.24) is 4.98 Å². The van der Waals surface area contributed by atoms with Crippen LogP contribution in [0.4, 0.5) is 11.5 Å². The van der Waals surface area contributed by atoms with Gasteiger partial charge in [0.05, 0.1) is 11.8 Å². The summed E-state index contributed by atoms with van der Waals surface area (Å²) in [5, 5.41) is 12.5. The van der Waals surface area contributed by atoms with Crippen LogP contribution in [0.3, 0.4) is 0 Å². The largest absolute Gasteiger partial charge is 0.396 e. The molecule has 0 fully saturated rings. The van der Waals surface area contributed by atoms with Crippen molar-refractivity contribution in [2.45, 2.75) is 32.8 Å². The summed E-state index contributed by atoms with van der Waals surface area (Å²) in [6.45, 7) is 4.47. The first-order valence-corrected chi connectivity index (χ1v) is 5.34. The molecule has 1 unspecified atom stereocenters. The molecule has 0 aliphatic rings. The van der Waals surface area contributed by atoms with Gasteiger partial charge < -0.3 is 16.2 Å². The van der Waals surface area contributed by atoms with E-state index in [1.807, 2.05) is 26.0 Å². The molecule has 1 atom stereocenters. The van der Waals surface area contributed by atoms with Gasteiger partial charge in [0, 0.05) is 12.2 Å². The first-order chi connectivity index (χ1) is 7.17. The van der Waals surface area contributed by atoms with Crippen molar-refractivity contribution in [1.29, 1.82) is 0 Å². The Morgan fingerprint density at radius 1 is 1.47 bits per heavy atom. The van der Waals surface area contributed by atoms with Crippen LogP contribution in [0.25, 0.3) is 0 Å². The van der Waals surface area contributed by atoms with Gasteiger partial charge in [-0.25, -0.2) is 4.98 Å². The Morgan fingerprint density at radius 2 is 2.20 bits per heavy atom. The molecule has 1 aromatic heterocycles. The predicted octanol–water partition coefficient (Wildman–Crippen LogP) is 1.41. The van der Waals surface area contributed by atoms with Crippen LogP contribution in [0.1, 0.15) is 26.0 Å². The van der Waals surface area contributed by atoms with Gasteiger partial charge in [-0.3, -0.25) is 0 Å².